The van der Waals surface area contributed by atoms with Gasteiger partial charge >= 0.3 is 0 Å². The van der Waals surface area contributed by atoms with Crippen LogP contribution in [0.3, 0.4) is 0 Å². The number of aryl methyl sites for hydroxylation is 2. The summed E-state index contributed by atoms with van der Waals surface area (Å²) in [6, 6.07) is 10.8. The van der Waals surface area contributed by atoms with Gasteiger partial charge in [-0.2, -0.15) is 0 Å². The van der Waals surface area contributed by atoms with Crippen LogP contribution < -0.4 is 10.1 Å². The fourth-order valence-corrected chi connectivity index (χ4v) is 4.46. The first-order chi connectivity index (χ1) is 13.1. The van der Waals surface area contributed by atoms with E-state index in [0.717, 1.165) is 9.20 Å². The molecule has 152 valence electrons. The molecule has 2 aromatic rings. The molecule has 0 radical (unpaired) electrons. The summed E-state index contributed by atoms with van der Waals surface area (Å²) in [6.07, 6.45) is 0.319. The van der Waals surface area contributed by atoms with Crippen LogP contribution in [0.15, 0.2) is 46.2 Å². The van der Waals surface area contributed by atoms with E-state index in [1.807, 2.05) is 6.07 Å². The number of sulfonamides is 1. The third-order valence-electron chi connectivity index (χ3n) is 4.28. The molecule has 0 saturated heterocycles. The second-order valence-corrected chi connectivity index (χ2v) is 9.83. The molecule has 2 rings (SSSR count). The smallest absolute Gasteiger partial charge is 0.246 e. The second kappa shape index (κ2) is 9.45. The van der Waals surface area contributed by atoms with Gasteiger partial charge in [0.25, 0.3) is 0 Å². The number of anilines is 1. The lowest BCUT2D eigenvalue weighted by molar-refractivity contribution is -0.115. The quantitative estimate of drug-likeness (QED) is 0.657. The van der Waals surface area contributed by atoms with Crippen molar-refractivity contribution >= 4 is 33.4 Å². The molecular formula is C20H26N2O4S2. The fraction of sp³-hybridized carbons (Fsp3) is 0.350. The van der Waals surface area contributed by atoms with E-state index in [0.29, 0.717) is 17.9 Å². The van der Waals surface area contributed by atoms with Gasteiger partial charge < -0.3 is 10.1 Å². The third-order valence-corrected chi connectivity index (χ3v) is 7.11. The Morgan fingerprint density at radius 3 is 2.43 bits per heavy atom. The Hall–Kier alpha value is -2.03. The number of hydrogen-bond donors (Lipinski definition) is 1. The van der Waals surface area contributed by atoms with Gasteiger partial charge in [0.05, 0.1) is 7.11 Å². The summed E-state index contributed by atoms with van der Waals surface area (Å²) in [6.45, 7) is 4.13. The van der Waals surface area contributed by atoms with E-state index < -0.39 is 10.0 Å². The summed E-state index contributed by atoms with van der Waals surface area (Å²) in [5.41, 5.74) is 2.88. The Bertz CT molecular complexity index is 957. The van der Waals surface area contributed by atoms with Crippen LogP contribution in [-0.2, 0) is 14.8 Å². The Kier molecular flexibility index (Phi) is 7.51. The number of nitrogens with zero attached hydrogens (tertiary/aromatic N) is 1. The molecule has 0 atom stereocenters. The zero-order valence-corrected chi connectivity index (χ0v) is 18.4. The van der Waals surface area contributed by atoms with Crippen LogP contribution in [-0.4, -0.2) is 45.6 Å². The van der Waals surface area contributed by atoms with E-state index in [9.17, 15) is 13.2 Å². The Morgan fingerprint density at radius 1 is 1.11 bits per heavy atom. The summed E-state index contributed by atoms with van der Waals surface area (Å²) in [4.78, 5) is 13.4. The van der Waals surface area contributed by atoms with Gasteiger partial charge in [-0.3, -0.25) is 4.79 Å². The maximum absolute atomic E-state index is 12.5. The first-order valence-electron chi connectivity index (χ1n) is 8.75. The van der Waals surface area contributed by atoms with Crippen molar-refractivity contribution in [2.24, 2.45) is 0 Å². The van der Waals surface area contributed by atoms with Gasteiger partial charge in [-0.1, -0.05) is 6.07 Å². The fourth-order valence-electron chi connectivity index (χ4n) is 2.44. The van der Waals surface area contributed by atoms with Gasteiger partial charge in [0.15, 0.2) is 0 Å². The number of carbonyl (C=O) groups is 1. The second-order valence-electron chi connectivity index (χ2n) is 6.55. The highest BCUT2D eigenvalue weighted by molar-refractivity contribution is 7.99. The highest BCUT2D eigenvalue weighted by Crippen LogP contribution is 2.29. The predicted octanol–water partition coefficient (Wildman–Crippen LogP) is 3.68. The average Bonchev–Trinajstić information content (AvgIpc) is 2.64. The van der Waals surface area contributed by atoms with Crippen molar-refractivity contribution in [2.75, 3.05) is 32.3 Å². The van der Waals surface area contributed by atoms with Gasteiger partial charge in [0.2, 0.25) is 15.9 Å². The van der Waals surface area contributed by atoms with Gasteiger partial charge in [-0.25, -0.2) is 12.7 Å². The van der Waals surface area contributed by atoms with Crippen LogP contribution in [0.1, 0.15) is 17.5 Å². The summed E-state index contributed by atoms with van der Waals surface area (Å²) >= 11 is 1.62. The molecule has 0 bridgehead atoms. The topological polar surface area (TPSA) is 75.7 Å². The van der Waals surface area contributed by atoms with Crippen LogP contribution in [0.2, 0.25) is 0 Å². The number of thioether (sulfide) groups is 1. The van der Waals surface area contributed by atoms with Crippen molar-refractivity contribution in [1.82, 2.24) is 4.31 Å². The van der Waals surface area contributed by atoms with Crippen molar-refractivity contribution in [2.45, 2.75) is 30.1 Å². The lowest BCUT2D eigenvalue weighted by Crippen LogP contribution is -2.23. The normalized spacial score (nSPS) is 11.5. The molecule has 28 heavy (non-hydrogen) atoms. The lowest BCUT2D eigenvalue weighted by atomic mass is 10.1. The first-order valence-corrected chi connectivity index (χ1v) is 11.2. The summed E-state index contributed by atoms with van der Waals surface area (Å²) in [5.74, 6) is 0.694. The Balaban J connectivity index is 2.02. The minimum absolute atomic E-state index is 0.0160. The zero-order chi connectivity index (χ0) is 20.9. The molecule has 8 heteroatoms. The molecule has 0 aromatic heterocycles. The minimum atomic E-state index is -3.69. The summed E-state index contributed by atoms with van der Waals surface area (Å²) < 4.78 is 31.2. The molecule has 1 amide bonds. The number of carbonyl (C=O) groups excluding carboxylic acids is 1. The molecule has 0 unspecified atom stereocenters. The molecule has 1 N–H and O–H groups in total. The number of benzene rings is 2. The maximum Gasteiger partial charge on any atom is 0.246 e. The number of methoxy groups -OCH3 is 1. The standard InChI is InChI=1S/C20H26N2O4S2/c1-14-6-8-17(12-15(14)2)27-11-10-20(23)21-16-7-9-18(26-5)19(13-16)28(24,25)22(3)4/h6-9,12-13H,10-11H2,1-5H3,(H,21,23). The van der Waals surface area contributed by atoms with Gasteiger partial charge in [-0.05, 0) is 55.3 Å². The molecule has 0 spiro atoms. The Labute approximate surface area is 171 Å². The third kappa shape index (κ3) is 5.50. The molecule has 0 saturated carbocycles. The van der Waals surface area contributed by atoms with Crippen LogP contribution in [0.4, 0.5) is 5.69 Å². The Morgan fingerprint density at radius 2 is 1.82 bits per heavy atom. The highest BCUT2D eigenvalue weighted by atomic mass is 32.2. The first kappa shape index (κ1) is 22.3. The van der Waals surface area contributed by atoms with E-state index >= 15 is 0 Å². The molecule has 0 aliphatic rings. The molecule has 0 aliphatic carbocycles. The van der Waals surface area contributed by atoms with Crippen LogP contribution in [0.25, 0.3) is 0 Å². The monoisotopic (exact) mass is 422 g/mol. The maximum atomic E-state index is 12.5. The van der Waals surface area contributed by atoms with Crippen LogP contribution in [0, 0.1) is 13.8 Å². The lowest BCUT2D eigenvalue weighted by Gasteiger charge is -2.16. The molecule has 2 aromatic carbocycles. The van der Waals surface area contributed by atoms with E-state index in [-0.39, 0.29) is 16.6 Å². The number of rotatable bonds is 8. The van der Waals surface area contributed by atoms with Crippen LogP contribution in [0.5, 0.6) is 5.75 Å². The number of nitrogens with one attached hydrogen (secondary N) is 1. The van der Waals surface area contributed by atoms with Crippen molar-refractivity contribution in [3.63, 3.8) is 0 Å². The van der Waals surface area contributed by atoms with E-state index in [1.54, 1.807) is 17.8 Å². The van der Waals surface area contributed by atoms with Gasteiger partial charge in [-0.15, -0.1) is 11.8 Å². The van der Waals surface area contributed by atoms with Gasteiger partial charge in [0, 0.05) is 36.9 Å². The zero-order valence-electron chi connectivity index (χ0n) is 16.8. The predicted molar refractivity (Wildman–Crippen MR) is 114 cm³/mol. The molecule has 0 fully saturated rings. The van der Waals surface area contributed by atoms with E-state index in [2.05, 4.69) is 31.3 Å². The summed E-state index contributed by atoms with van der Waals surface area (Å²) in [7, 11) is 0.620. The molecule has 0 aliphatic heterocycles. The molecule has 6 nitrogen and oxygen atoms in total. The van der Waals surface area contributed by atoms with Crippen molar-refractivity contribution in [3.05, 3.63) is 47.5 Å². The molecular weight excluding hydrogens is 396 g/mol. The summed E-state index contributed by atoms with van der Waals surface area (Å²) in [5, 5.41) is 2.76. The number of hydrogen-bond acceptors (Lipinski definition) is 5. The van der Waals surface area contributed by atoms with E-state index in [1.165, 1.54) is 44.5 Å². The number of amides is 1. The van der Waals surface area contributed by atoms with Crippen molar-refractivity contribution in [3.8, 4) is 5.75 Å². The van der Waals surface area contributed by atoms with Crippen LogP contribution >= 0.6 is 11.8 Å². The SMILES string of the molecule is COc1ccc(NC(=O)CCSc2ccc(C)c(C)c2)cc1S(=O)(=O)N(C)C. The highest BCUT2D eigenvalue weighted by Gasteiger charge is 2.23. The van der Waals surface area contributed by atoms with Crippen molar-refractivity contribution in [1.29, 1.82) is 0 Å². The average molecular weight is 423 g/mol. The largest absolute Gasteiger partial charge is 0.495 e. The minimum Gasteiger partial charge on any atom is -0.495 e. The van der Waals surface area contributed by atoms with E-state index in [4.69, 9.17) is 4.74 Å². The van der Waals surface area contributed by atoms with Gasteiger partial charge in [0.1, 0.15) is 10.6 Å². The molecule has 0 heterocycles. The van der Waals surface area contributed by atoms with Crippen molar-refractivity contribution < 1.29 is 17.9 Å². The number of ether oxygens (including phenoxy) is 1.